The minimum absolute atomic E-state index is 0.177. The van der Waals surface area contributed by atoms with Crippen molar-refractivity contribution in [2.24, 2.45) is 17.8 Å². The molecule has 0 radical (unpaired) electrons. The summed E-state index contributed by atoms with van der Waals surface area (Å²) in [5, 5.41) is 61.8. The second-order valence-corrected chi connectivity index (χ2v) is 17.3. The lowest BCUT2D eigenvalue weighted by atomic mass is 9.59. The molecule has 4 fully saturated rings. The van der Waals surface area contributed by atoms with Gasteiger partial charge >= 0.3 is 5.97 Å². The maximum atomic E-state index is 14.2. The van der Waals surface area contributed by atoms with Gasteiger partial charge in [0.05, 0.1) is 42.0 Å². The van der Waals surface area contributed by atoms with Crippen molar-refractivity contribution < 1.29 is 58.7 Å². The molecule has 14 nitrogen and oxygen atoms in total. The molecule has 0 aromatic rings. The van der Waals surface area contributed by atoms with Crippen LogP contribution in [0.5, 0.6) is 0 Å². The number of nitrogens with zero attached hydrogens (tertiary/aromatic N) is 1. The third-order valence-corrected chi connectivity index (χ3v) is 12.9. The van der Waals surface area contributed by atoms with Crippen molar-refractivity contribution in [1.82, 2.24) is 10.2 Å². The number of hydrogen-bond acceptors (Lipinski definition) is 14. The van der Waals surface area contributed by atoms with Gasteiger partial charge < -0.3 is 64.2 Å². The van der Waals surface area contributed by atoms with Crippen molar-refractivity contribution in [3.63, 3.8) is 0 Å². The molecule has 0 unspecified atom stereocenters. The Labute approximate surface area is 310 Å². The predicted octanol–water partition coefficient (Wildman–Crippen LogP) is 1.70. The summed E-state index contributed by atoms with van der Waals surface area (Å²) < 4.78 is 37.9. The Bertz CT molecular complexity index is 1190. The highest BCUT2D eigenvalue weighted by Crippen LogP contribution is 2.54. The summed E-state index contributed by atoms with van der Waals surface area (Å²) in [6, 6.07) is -0.561. The zero-order chi connectivity index (χ0) is 39.1. The van der Waals surface area contributed by atoms with E-state index in [0.717, 1.165) is 0 Å². The largest absolute Gasteiger partial charge is 0.459 e. The number of aliphatic hydroxyl groups is 5. The Hall–Kier alpha value is -1.01. The van der Waals surface area contributed by atoms with Crippen LogP contribution in [0.3, 0.4) is 0 Å². The molecular weight excluding hydrogens is 676 g/mol. The summed E-state index contributed by atoms with van der Waals surface area (Å²) in [5.74, 6) is -2.87. The lowest BCUT2D eigenvalue weighted by Crippen LogP contribution is -2.74. The van der Waals surface area contributed by atoms with Crippen molar-refractivity contribution >= 4 is 5.97 Å². The third-order valence-electron chi connectivity index (χ3n) is 12.9. The highest BCUT2D eigenvalue weighted by molar-refractivity contribution is 5.73. The minimum Gasteiger partial charge on any atom is -0.459 e. The van der Waals surface area contributed by atoms with E-state index in [4.69, 9.17) is 28.4 Å². The fraction of sp³-hybridized carbons (Fsp3) is 0.974. The summed E-state index contributed by atoms with van der Waals surface area (Å²) in [6.07, 6.45) is -5.99. The fourth-order valence-electron chi connectivity index (χ4n) is 9.36. The van der Waals surface area contributed by atoms with Gasteiger partial charge in [-0.05, 0) is 93.7 Å². The molecule has 4 rings (SSSR count). The summed E-state index contributed by atoms with van der Waals surface area (Å²) in [5.41, 5.74) is -5.44. The van der Waals surface area contributed by atoms with Gasteiger partial charge in [-0.25, -0.2) is 0 Å². The first kappa shape index (κ1) is 43.7. The number of esters is 1. The number of carbonyl (C=O) groups excluding carboxylic acids is 1. The number of cyclic esters (lactones) is 1. The van der Waals surface area contributed by atoms with Gasteiger partial charge in [-0.2, -0.15) is 0 Å². The zero-order valence-corrected chi connectivity index (χ0v) is 33.6. The van der Waals surface area contributed by atoms with Gasteiger partial charge in [0.2, 0.25) is 0 Å². The molecule has 304 valence electrons. The smallest absolute Gasteiger partial charge is 0.311 e. The van der Waals surface area contributed by atoms with E-state index in [9.17, 15) is 30.3 Å². The monoisotopic (exact) mass is 746 g/mol. The van der Waals surface area contributed by atoms with Gasteiger partial charge in [0.25, 0.3) is 0 Å². The number of aliphatic hydroxyl groups excluding tert-OH is 2. The Balaban J connectivity index is 1.79. The second kappa shape index (κ2) is 16.6. The van der Waals surface area contributed by atoms with Crippen molar-refractivity contribution in [1.29, 1.82) is 0 Å². The number of rotatable bonds is 7. The van der Waals surface area contributed by atoms with Crippen molar-refractivity contribution in [2.75, 3.05) is 27.7 Å². The van der Waals surface area contributed by atoms with Crippen LogP contribution in [0.1, 0.15) is 101 Å². The fourth-order valence-corrected chi connectivity index (χ4v) is 9.36. The van der Waals surface area contributed by atoms with Gasteiger partial charge in [-0.3, -0.25) is 4.79 Å². The van der Waals surface area contributed by atoms with Gasteiger partial charge in [0.15, 0.2) is 12.6 Å². The highest BCUT2D eigenvalue weighted by atomic mass is 16.7. The van der Waals surface area contributed by atoms with E-state index in [2.05, 4.69) is 5.32 Å². The van der Waals surface area contributed by atoms with Crippen LogP contribution in [0.2, 0.25) is 0 Å². The number of fused-ring (bicyclic) bond motifs is 1. The van der Waals surface area contributed by atoms with E-state index in [0.29, 0.717) is 25.8 Å². The average molecular weight is 747 g/mol. The minimum atomic E-state index is -1.77. The first-order chi connectivity index (χ1) is 24.0. The first-order valence-corrected chi connectivity index (χ1v) is 19.4. The number of hydrogen-bond donors (Lipinski definition) is 6. The number of ether oxygens (including phenoxy) is 6. The van der Waals surface area contributed by atoms with E-state index in [1.807, 2.05) is 39.8 Å². The van der Waals surface area contributed by atoms with Crippen LogP contribution in [-0.4, -0.2) is 154 Å². The molecule has 14 heteroatoms. The average Bonchev–Trinajstić information content (AvgIpc) is 3.07. The van der Waals surface area contributed by atoms with Crippen LogP contribution in [0, 0.1) is 17.8 Å². The van der Waals surface area contributed by atoms with Crippen molar-refractivity contribution in [2.45, 2.75) is 191 Å². The molecule has 6 N–H and O–H groups in total. The van der Waals surface area contributed by atoms with E-state index in [1.165, 1.54) is 6.92 Å². The molecule has 1 aliphatic carbocycles. The Morgan fingerprint density at radius 3 is 2.17 bits per heavy atom. The second-order valence-electron chi connectivity index (χ2n) is 17.3. The number of carbonyl (C=O) groups is 1. The van der Waals surface area contributed by atoms with Crippen LogP contribution in [0.15, 0.2) is 0 Å². The topological polar surface area (TPSA) is 189 Å². The van der Waals surface area contributed by atoms with Crippen LogP contribution >= 0.6 is 0 Å². The molecule has 3 saturated heterocycles. The van der Waals surface area contributed by atoms with Gasteiger partial charge in [0, 0.05) is 38.1 Å². The van der Waals surface area contributed by atoms with E-state index >= 15 is 0 Å². The van der Waals surface area contributed by atoms with Gasteiger partial charge in [0.1, 0.15) is 29.0 Å². The quantitative estimate of drug-likeness (QED) is 0.207. The third kappa shape index (κ3) is 8.53. The molecule has 4 aliphatic rings. The predicted molar refractivity (Wildman–Crippen MR) is 192 cm³/mol. The molecule has 18 atom stereocenters. The molecule has 0 aromatic carbocycles. The molecule has 0 amide bonds. The van der Waals surface area contributed by atoms with Crippen molar-refractivity contribution in [3.8, 4) is 0 Å². The molecule has 3 heterocycles. The standard InChI is InChI=1S/C38H70N2O12/c1-13-27-36(9,45)31(42)20(2)19-39-21(3)17-35(8,44)32(52-34-29(41)26(40(10)11)16-22(4)48-34)23(5)30(24(6)33(43)50-27)51-28-18-37(47-12)14-15-38(37,46)25(7)49-28/h20-32,34,39,41-42,44-46H,13-19H2,1-12H3/t20-,21-,22-,23-,24-,25+,26+,27+,28+,29-,30-,31+,32-,34+,35+,36-,37-,38+/m1/s1. The maximum Gasteiger partial charge on any atom is 0.311 e. The Kier molecular flexibility index (Phi) is 14.0. The summed E-state index contributed by atoms with van der Waals surface area (Å²) in [6.45, 7) is 16.1. The summed E-state index contributed by atoms with van der Waals surface area (Å²) in [4.78, 5) is 16.1. The van der Waals surface area contributed by atoms with Crippen LogP contribution in [-0.2, 0) is 33.2 Å². The van der Waals surface area contributed by atoms with Crippen molar-refractivity contribution in [3.05, 3.63) is 0 Å². The molecule has 1 saturated carbocycles. The van der Waals surface area contributed by atoms with E-state index in [1.54, 1.807) is 41.7 Å². The normalized spacial score (nSPS) is 51.5. The lowest BCUT2D eigenvalue weighted by Gasteiger charge is -2.61. The Morgan fingerprint density at radius 2 is 1.62 bits per heavy atom. The molecule has 0 spiro atoms. The molecule has 0 aromatic heterocycles. The SMILES string of the molecule is CC[C@@H]1OC(=O)[C@H](C)[C@H](O[C@H]2C[C@]3(OC)CC[C@]3(O)[C@H](C)O2)[C@@H](C)[C@@H](O[C@@H]2O[C@H](C)C[C@H](N(C)C)[C@H]2O)[C@@](C)(O)C[C@@H](C)NC[C@@H](C)[C@H](O)[C@]1(C)O. The van der Waals surface area contributed by atoms with Crippen LogP contribution in [0.25, 0.3) is 0 Å². The Morgan fingerprint density at radius 1 is 0.962 bits per heavy atom. The first-order valence-electron chi connectivity index (χ1n) is 19.4. The van der Waals surface area contributed by atoms with Crippen LogP contribution in [0.4, 0.5) is 0 Å². The molecular formula is C38H70N2O12. The summed E-state index contributed by atoms with van der Waals surface area (Å²) >= 11 is 0. The molecule has 3 aliphatic heterocycles. The molecule has 52 heavy (non-hydrogen) atoms. The van der Waals surface area contributed by atoms with Gasteiger partial charge in [-0.1, -0.05) is 20.8 Å². The molecule has 0 bridgehead atoms. The van der Waals surface area contributed by atoms with Gasteiger partial charge in [-0.15, -0.1) is 0 Å². The summed E-state index contributed by atoms with van der Waals surface area (Å²) in [7, 11) is 5.33. The van der Waals surface area contributed by atoms with E-state index < -0.39 is 95.3 Å². The zero-order valence-electron chi connectivity index (χ0n) is 33.6. The number of nitrogens with one attached hydrogen (secondary N) is 1. The highest BCUT2D eigenvalue weighted by Gasteiger charge is 2.66. The van der Waals surface area contributed by atoms with Crippen LogP contribution < -0.4 is 5.32 Å². The maximum absolute atomic E-state index is 14.2. The number of methoxy groups -OCH3 is 1. The lowest BCUT2D eigenvalue weighted by molar-refractivity contribution is -0.369. The number of likely N-dealkylation sites (N-methyl/N-ethyl adjacent to an activating group) is 1. The van der Waals surface area contributed by atoms with E-state index in [-0.39, 0.29) is 37.5 Å².